The Morgan fingerprint density at radius 3 is 2.71 bits per heavy atom. The number of aryl methyl sites for hydroxylation is 1. The lowest BCUT2D eigenvalue weighted by atomic mass is 9.96. The van der Waals surface area contributed by atoms with Gasteiger partial charge in [-0.15, -0.1) is 11.3 Å². The van der Waals surface area contributed by atoms with E-state index in [0.29, 0.717) is 6.04 Å². The largest absolute Gasteiger partial charge is 0.321 e. The van der Waals surface area contributed by atoms with Crippen LogP contribution in [0.1, 0.15) is 53.5 Å². The third-order valence-corrected chi connectivity index (χ3v) is 5.87. The molecule has 0 radical (unpaired) electrons. The van der Waals surface area contributed by atoms with Crippen LogP contribution in [0.5, 0.6) is 0 Å². The van der Waals surface area contributed by atoms with Crippen molar-refractivity contribution < 1.29 is 4.79 Å². The zero-order valence-electron chi connectivity index (χ0n) is 13.8. The van der Waals surface area contributed by atoms with E-state index in [0.717, 1.165) is 26.5 Å². The molecule has 1 amide bonds. The van der Waals surface area contributed by atoms with Crippen LogP contribution in [0.2, 0.25) is 0 Å². The second kappa shape index (κ2) is 6.40. The van der Waals surface area contributed by atoms with Gasteiger partial charge >= 0.3 is 0 Å². The van der Waals surface area contributed by atoms with Crippen molar-refractivity contribution in [1.82, 2.24) is 9.78 Å². The fourth-order valence-electron chi connectivity index (χ4n) is 3.47. The van der Waals surface area contributed by atoms with E-state index in [1.807, 2.05) is 43.3 Å². The highest BCUT2D eigenvalue weighted by Crippen LogP contribution is 2.35. The molecule has 1 fully saturated rings. The number of hydrogen-bond donors (Lipinski definition) is 1. The average molecular weight is 339 g/mol. The maximum Gasteiger partial charge on any atom is 0.265 e. The zero-order chi connectivity index (χ0) is 16.5. The van der Waals surface area contributed by atoms with Crippen LogP contribution in [0.25, 0.3) is 10.2 Å². The van der Waals surface area contributed by atoms with Crippen LogP contribution in [0.4, 0.5) is 5.69 Å². The lowest BCUT2D eigenvalue weighted by Gasteiger charge is -2.22. The summed E-state index contributed by atoms with van der Waals surface area (Å²) in [5, 5.41) is 8.84. The summed E-state index contributed by atoms with van der Waals surface area (Å²) in [6.45, 7) is 2.03. The molecule has 0 unspecified atom stereocenters. The summed E-state index contributed by atoms with van der Waals surface area (Å²) in [7, 11) is 0. The van der Waals surface area contributed by atoms with E-state index in [9.17, 15) is 4.79 Å². The molecular formula is C19H21N3OS. The quantitative estimate of drug-likeness (QED) is 0.716. The number of nitrogens with one attached hydrogen (secondary N) is 1. The second-order valence-electron chi connectivity index (χ2n) is 6.47. The van der Waals surface area contributed by atoms with Gasteiger partial charge in [-0.25, -0.2) is 0 Å². The van der Waals surface area contributed by atoms with Crippen molar-refractivity contribution in [3.8, 4) is 0 Å². The monoisotopic (exact) mass is 339 g/mol. The molecule has 0 bridgehead atoms. The van der Waals surface area contributed by atoms with Crippen LogP contribution >= 0.6 is 11.3 Å². The van der Waals surface area contributed by atoms with Crippen LogP contribution in [-0.2, 0) is 0 Å². The first-order chi connectivity index (χ1) is 11.7. The molecule has 1 aromatic carbocycles. The Hall–Kier alpha value is -2.14. The summed E-state index contributed by atoms with van der Waals surface area (Å²) in [6.07, 6.45) is 6.27. The number of amides is 1. The highest BCUT2D eigenvalue weighted by molar-refractivity contribution is 7.20. The first-order valence-corrected chi connectivity index (χ1v) is 9.39. The normalized spacial score (nSPS) is 15.7. The van der Waals surface area contributed by atoms with Gasteiger partial charge < -0.3 is 5.32 Å². The van der Waals surface area contributed by atoms with Gasteiger partial charge in [0, 0.05) is 11.1 Å². The van der Waals surface area contributed by atoms with Gasteiger partial charge in [-0.05, 0) is 38.0 Å². The number of hydrogen-bond acceptors (Lipinski definition) is 3. The number of carbonyl (C=O) groups is 1. The summed E-state index contributed by atoms with van der Waals surface area (Å²) in [6, 6.07) is 12.1. The molecular weight excluding hydrogens is 318 g/mol. The highest BCUT2D eigenvalue weighted by Gasteiger charge is 2.22. The van der Waals surface area contributed by atoms with Gasteiger partial charge in [-0.2, -0.15) is 5.10 Å². The lowest BCUT2D eigenvalue weighted by molar-refractivity contribution is 0.103. The van der Waals surface area contributed by atoms with E-state index in [1.165, 1.54) is 32.1 Å². The van der Waals surface area contributed by atoms with Crippen LogP contribution < -0.4 is 5.32 Å². The summed E-state index contributed by atoms with van der Waals surface area (Å²) < 4.78 is 2.17. The molecule has 0 saturated heterocycles. The topological polar surface area (TPSA) is 46.9 Å². The summed E-state index contributed by atoms with van der Waals surface area (Å²) in [4.78, 5) is 14.4. The third-order valence-electron chi connectivity index (χ3n) is 4.74. The Bertz CT molecular complexity index is 860. The molecule has 1 saturated carbocycles. The minimum atomic E-state index is -0.0444. The number of fused-ring (bicyclic) bond motifs is 1. The lowest BCUT2D eigenvalue weighted by Crippen LogP contribution is -2.14. The van der Waals surface area contributed by atoms with Crippen molar-refractivity contribution in [3.63, 3.8) is 0 Å². The summed E-state index contributed by atoms with van der Waals surface area (Å²) >= 11 is 1.55. The summed E-state index contributed by atoms with van der Waals surface area (Å²) in [5.41, 5.74) is 1.84. The minimum Gasteiger partial charge on any atom is -0.321 e. The number of thiophene rings is 1. The zero-order valence-corrected chi connectivity index (χ0v) is 14.6. The molecule has 3 aromatic rings. The first kappa shape index (κ1) is 15.4. The van der Waals surface area contributed by atoms with Crippen molar-refractivity contribution >= 4 is 33.1 Å². The van der Waals surface area contributed by atoms with E-state index in [4.69, 9.17) is 5.10 Å². The van der Waals surface area contributed by atoms with Crippen LogP contribution in [0.3, 0.4) is 0 Å². The van der Waals surface area contributed by atoms with Crippen LogP contribution in [-0.4, -0.2) is 15.7 Å². The second-order valence-corrected chi connectivity index (χ2v) is 7.50. The smallest absolute Gasteiger partial charge is 0.265 e. The Balaban J connectivity index is 1.64. The van der Waals surface area contributed by atoms with E-state index in [1.54, 1.807) is 11.3 Å². The molecule has 24 heavy (non-hydrogen) atoms. The maximum atomic E-state index is 12.6. The molecule has 1 aliphatic carbocycles. The van der Waals surface area contributed by atoms with Crippen molar-refractivity contribution in [3.05, 3.63) is 47.0 Å². The fraction of sp³-hybridized carbons (Fsp3) is 0.368. The van der Waals surface area contributed by atoms with Crippen molar-refractivity contribution in [2.45, 2.75) is 45.1 Å². The van der Waals surface area contributed by atoms with E-state index >= 15 is 0 Å². The number of para-hydroxylation sites is 1. The average Bonchev–Trinajstić information content (AvgIpc) is 3.18. The molecule has 4 rings (SSSR count). The number of rotatable bonds is 3. The van der Waals surface area contributed by atoms with Gasteiger partial charge in [-0.1, -0.05) is 37.5 Å². The van der Waals surface area contributed by atoms with E-state index < -0.39 is 0 Å². The van der Waals surface area contributed by atoms with Crippen molar-refractivity contribution in [2.24, 2.45) is 0 Å². The van der Waals surface area contributed by atoms with E-state index in [2.05, 4.69) is 10.00 Å². The van der Waals surface area contributed by atoms with Gasteiger partial charge in [-0.3, -0.25) is 9.48 Å². The molecule has 5 heteroatoms. The molecule has 124 valence electrons. The van der Waals surface area contributed by atoms with E-state index in [-0.39, 0.29) is 5.91 Å². The van der Waals surface area contributed by atoms with Gasteiger partial charge in [0.25, 0.3) is 5.91 Å². The molecule has 4 nitrogen and oxygen atoms in total. The number of carbonyl (C=O) groups excluding carboxylic acids is 1. The van der Waals surface area contributed by atoms with Crippen molar-refractivity contribution in [1.29, 1.82) is 0 Å². The standard InChI is InChI=1S/C19H21N3OS/c1-13-16-12-17(18(23)20-14-8-4-2-5-9-14)24-19(16)22(21-13)15-10-6-3-7-11-15/h2,4-5,8-9,12,15H,3,6-7,10-11H2,1H3,(H,20,23). The Labute approximate surface area is 145 Å². The number of benzene rings is 1. The summed E-state index contributed by atoms with van der Waals surface area (Å²) in [5.74, 6) is -0.0444. The molecule has 1 aliphatic rings. The molecule has 0 aliphatic heterocycles. The first-order valence-electron chi connectivity index (χ1n) is 8.57. The minimum absolute atomic E-state index is 0.0444. The van der Waals surface area contributed by atoms with Crippen molar-refractivity contribution in [2.75, 3.05) is 5.32 Å². The predicted octanol–water partition coefficient (Wildman–Crippen LogP) is 5.16. The van der Waals surface area contributed by atoms with Gasteiger partial charge in [0.2, 0.25) is 0 Å². The molecule has 2 aromatic heterocycles. The molecule has 2 heterocycles. The maximum absolute atomic E-state index is 12.6. The fourth-order valence-corrected chi connectivity index (χ4v) is 4.60. The Morgan fingerprint density at radius 1 is 1.21 bits per heavy atom. The Morgan fingerprint density at radius 2 is 1.96 bits per heavy atom. The van der Waals surface area contributed by atoms with Crippen LogP contribution in [0.15, 0.2) is 36.4 Å². The Kier molecular flexibility index (Phi) is 4.10. The molecule has 1 N–H and O–H groups in total. The molecule has 0 atom stereocenters. The van der Waals surface area contributed by atoms with Gasteiger partial charge in [0.05, 0.1) is 16.6 Å². The SMILES string of the molecule is Cc1nn(C2CCCCC2)c2sc(C(=O)Nc3ccccc3)cc12. The number of aromatic nitrogens is 2. The van der Waals surface area contributed by atoms with Crippen LogP contribution in [0, 0.1) is 6.92 Å². The highest BCUT2D eigenvalue weighted by atomic mass is 32.1. The number of nitrogens with zero attached hydrogens (tertiary/aromatic N) is 2. The molecule has 0 spiro atoms. The predicted molar refractivity (Wildman–Crippen MR) is 98.9 cm³/mol. The van der Waals surface area contributed by atoms with Gasteiger partial charge in [0.1, 0.15) is 4.83 Å². The van der Waals surface area contributed by atoms with Gasteiger partial charge in [0.15, 0.2) is 0 Å². The third kappa shape index (κ3) is 2.84. The number of anilines is 1.